The number of azide groups is 1. The second-order valence-electron chi connectivity index (χ2n) is 19.3. The summed E-state index contributed by atoms with van der Waals surface area (Å²) in [4.78, 5) is 111. The predicted octanol–water partition coefficient (Wildman–Crippen LogP) is 9.09. The topological polar surface area (TPSA) is 266 Å². The van der Waals surface area contributed by atoms with E-state index in [2.05, 4.69) is 31.3 Å². The SMILES string of the molecule is NCC[C@H](NC(=O)[C@@H]1Cc2ccccc2CN1C(=O)CCC(=O)c1ccccc1)C(=O)Nc1cc(F)ccc1Cl.[N-]=[N+]=NCC[C@H](NC(=O)[C@@H]1Cc2ccccc2CN1C(=O)CCC(=O)c1ccccc1)C(=O)Nc1cc(F)ccc1Cl. The first kappa shape index (κ1) is 60.8. The molecule has 6 aromatic rings. The Morgan fingerprint density at radius 1 is 0.561 bits per heavy atom. The van der Waals surface area contributed by atoms with Crippen LogP contribution in [-0.2, 0) is 54.7 Å². The molecule has 6 aromatic carbocycles. The molecular weight excluding hydrogens is 1100 g/mol. The van der Waals surface area contributed by atoms with Crippen LogP contribution in [0.1, 0.15) is 81.5 Å². The van der Waals surface area contributed by atoms with E-state index >= 15 is 0 Å². The molecule has 2 aliphatic heterocycles. The molecule has 18 nitrogen and oxygen atoms in total. The summed E-state index contributed by atoms with van der Waals surface area (Å²) < 4.78 is 27.4. The number of hydrogen-bond donors (Lipinski definition) is 5. The molecule has 4 atom stereocenters. The summed E-state index contributed by atoms with van der Waals surface area (Å²) in [5, 5.41) is 14.1. The van der Waals surface area contributed by atoms with E-state index in [9.17, 15) is 47.1 Å². The van der Waals surface area contributed by atoms with Crippen LogP contribution in [-0.4, -0.2) is 94.1 Å². The summed E-state index contributed by atoms with van der Waals surface area (Å²) in [6, 6.07) is 35.2. The van der Waals surface area contributed by atoms with E-state index in [1.165, 1.54) is 21.9 Å². The van der Waals surface area contributed by atoms with Crippen molar-refractivity contribution >= 4 is 81.6 Å². The molecule has 82 heavy (non-hydrogen) atoms. The van der Waals surface area contributed by atoms with Crippen molar-refractivity contribution in [3.05, 3.63) is 211 Å². The molecule has 22 heteroatoms. The van der Waals surface area contributed by atoms with Crippen molar-refractivity contribution in [1.82, 2.24) is 20.4 Å². The Balaban J connectivity index is 0.000000236. The number of anilines is 2. The number of carbonyl (C=O) groups is 8. The van der Waals surface area contributed by atoms with Gasteiger partial charge in [0, 0.05) is 74.2 Å². The number of ketones is 2. The first-order valence-corrected chi connectivity index (χ1v) is 27.0. The summed E-state index contributed by atoms with van der Waals surface area (Å²) in [7, 11) is 0. The highest BCUT2D eigenvalue weighted by molar-refractivity contribution is 6.34. The van der Waals surface area contributed by atoms with Crippen LogP contribution in [0.15, 0.2) is 151 Å². The maximum absolute atomic E-state index is 13.8. The van der Waals surface area contributed by atoms with Crippen LogP contribution in [0, 0.1) is 11.6 Å². The maximum atomic E-state index is 13.8. The number of Topliss-reactive ketones (excluding diaryl/α,β-unsaturated/α-hetero) is 2. The molecular formula is C60H58Cl2F2N10O8. The Bertz CT molecular complexity index is 3370. The summed E-state index contributed by atoms with van der Waals surface area (Å²) in [6.07, 6.45) is 0.296. The highest BCUT2D eigenvalue weighted by Crippen LogP contribution is 2.29. The van der Waals surface area contributed by atoms with Crippen molar-refractivity contribution < 1.29 is 47.1 Å². The highest BCUT2D eigenvalue weighted by atomic mass is 35.5. The smallest absolute Gasteiger partial charge is 0.247 e. The van der Waals surface area contributed by atoms with Crippen LogP contribution in [0.3, 0.4) is 0 Å². The molecule has 0 saturated carbocycles. The number of nitrogens with one attached hydrogen (secondary N) is 4. The Morgan fingerprint density at radius 3 is 1.35 bits per heavy atom. The van der Waals surface area contributed by atoms with Gasteiger partial charge < -0.3 is 36.8 Å². The number of benzene rings is 6. The van der Waals surface area contributed by atoms with Crippen LogP contribution < -0.4 is 27.0 Å². The zero-order chi connectivity index (χ0) is 58.7. The third-order valence-electron chi connectivity index (χ3n) is 13.7. The molecule has 0 aliphatic carbocycles. The summed E-state index contributed by atoms with van der Waals surface area (Å²) >= 11 is 12.2. The standard InChI is InChI=1S/C30H28ClFN6O4.C30H30ClFN4O4/c31-23-11-10-22(32)17-25(23)36-29(41)24(14-15-34-37-33)35-30(42)26-16-20-8-4-5-9-21(20)18-38(26)28(40)13-12-27(39)19-6-2-1-3-7-19;31-23-11-10-22(32)17-25(23)35-29(39)24(14-15-33)34-30(40)26-16-20-8-4-5-9-21(20)18-36(26)28(38)13-12-27(37)19-6-2-1-3-7-19/h1-11,17,24,26H,12-16,18H2,(H,35,42)(H,36,41);1-11,17,24,26H,12-16,18,33H2,(H,34,40)(H,35,39)/t2*24-,26-/m00/s1. The Kier molecular flexibility index (Phi) is 22.0. The van der Waals surface area contributed by atoms with Gasteiger partial charge in [-0.15, -0.1) is 0 Å². The first-order valence-electron chi connectivity index (χ1n) is 26.3. The lowest BCUT2D eigenvalue weighted by atomic mass is 9.92. The normalized spacial score (nSPS) is 14.8. The molecule has 0 fully saturated rings. The van der Waals surface area contributed by atoms with E-state index in [0.717, 1.165) is 46.5 Å². The number of nitrogens with zero attached hydrogens (tertiary/aromatic N) is 5. The highest BCUT2D eigenvalue weighted by Gasteiger charge is 2.38. The molecule has 0 radical (unpaired) electrons. The fraction of sp³-hybridized carbons (Fsp3) is 0.267. The number of fused-ring (bicyclic) bond motifs is 2. The Morgan fingerprint density at radius 2 is 0.951 bits per heavy atom. The number of rotatable bonds is 21. The molecule has 2 aliphatic rings. The van der Waals surface area contributed by atoms with Gasteiger partial charge in [-0.25, -0.2) is 8.78 Å². The number of nitrogens with two attached hydrogens (primary N) is 1. The van der Waals surface area contributed by atoms with Crippen LogP contribution in [0.25, 0.3) is 10.4 Å². The molecule has 0 spiro atoms. The lowest BCUT2D eigenvalue weighted by molar-refractivity contribution is -0.142. The molecule has 0 bridgehead atoms. The minimum absolute atomic E-state index is 0.00192. The average Bonchev–Trinajstić information content (AvgIpc) is 3.65. The third-order valence-corrected chi connectivity index (χ3v) is 14.4. The number of halogens is 4. The van der Waals surface area contributed by atoms with Crippen molar-refractivity contribution in [2.45, 2.75) is 88.6 Å². The van der Waals surface area contributed by atoms with E-state index in [0.29, 0.717) is 11.1 Å². The fourth-order valence-corrected chi connectivity index (χ4v) is 9.73. The van der Waals surface area contributed by atoms with E-state index < -0.39 is 59.4 Å². The lowest BCUT2D eigenvalue weighted by Crippen LogP contribution is -2.56. The molecule has 6 amide bonds. The third kappa shape index (κ3) is 16.6. The Labute approximate surface area is 481 Å². The van der Waals surface area contributed by atoms with Crippen LogP contribution >= 0.6 is 23.2 Å². The fourth-order valence-electron chi connectivity index (χ4n) is 9.40. The van der Waals surface area contributed by atoms with Crippen molar-refractivity contribution in [1.29, 1.82) is 0 Å². The average molecular weight is 1160 g/mol. The Hall–Kier alpha value is -8.81. The molecule has 0 unspecified atom stereocenters. The van der Waals surface area contributed by atoms with Gasteiger partial charge >= 0.3 is 0 Å². The van der Waals surface area contributed by atoms with Gasteiger partial charge in [-0.3, -0.25) is 38.4 Å². The zero-order valence-electron chi connectivity index (χ0n) is 44.2. The van der Waals surface area contributed by atoms with Gasteiger partial charge in [0.05, 0.1) is 21.4 Å². The van der Waals surface area contributed by atoms with Crippen molar-refractivity contribution in [2.24, 2.45) is 10.8 Å². The molecule has 424 valence electrons. The van der Waals surface area contributed by atoms with E-state index in [1.54, 1.807) is 60.7 Å². The number of carbonyl (C=O) groups excluding carboxylic acids is 8. The van der Waals surface area contributed by atoms with Gasteiger partial charge in [-0.1, -0.05) is 138 Å². The largest absolute Gasteiger partial charge is 0.342 e. The number of hydrogen-bond acceptors (Lipinski definition) is 10. The van der Waals surface area contributed by atoms with E-state index in [1.807, 2.05) is 48.5 Å². The van der Waals surface area contributed by atoms with Crippen molar-refractivity contribution in [3.8, 4) is 0 Å². The maximum Gasteiger partial charge on any atom is 0.247 e. The van der Waals surface area contributed by atoms with E-state index in [-0.39, 0.29) is 122 Å². The second-order valence-corrected chi connectivity index (χ2v) is 20.1. The van der Waals surface area contributed by atoms with Gasteiger partial charge in [0.25, 0.3) is 0 Å². The van der Waals surface area contributed by atoms with Crippen molar-refractivity contribution in [2.75, 3.05) is 23.7 Å². The minimum Gasteiger partial charge on any atom is -0.342 e. The summed E-state index contributed by atoms with van der Waals surface area (Å²) in [5.74, 6) is -4.72. The van der Waals surface area contributed by atoms with Gasteiger partial charge in [0.2, 0.25) is 35.4 Å². The molecule has 8 rings (SSSR count). The predicted molar refractivity (Wildman–Crippen MR) is 305 cm³/mol. The zero-order valence-corrected chi connectivity index (χ0v) is 45.8. The van der Waals surface area contributed by atoms with Crippen LogP contribution in [0.4, 0.5) is 20.2 Å². The second kappa shape index (κ2) is 29.6. The molecule has 0 saturated heterocycles. The van der Waals surface area contributed by atoms with E-state index in [4.69, 9.17) is 34.5 Å². The van der Waals surface area contributed by atoms with Gasteiger partial charge in [0.1, 0.15) is 35.8 Å². The quantitative estimate of drug-likeness (QED) is 0.0199. The first-order chi connectivity index (χ1) is 39.5. The van der Waals surface area contributed by atoms with Gasteiger partial charge in [-0.05, 0) is 83.6 Å². The van der Waals surface area contributed by atoms with Crippen LogP contribution in [0.5, 0.6) is 0 Å². The van der Waals surface area contributed by atoms with Gasteiger partial charge in [0.15, 0.2) is 11.6 Å². The minimum atomic E-state index is -1.18. The van der Waals surface area contributed by atoms with Crippen LogP contribution in [0.2, 0.25) is 10.0 Å². The van der Waals surface area contributed by atoms with Gasteiger partial charge in [-0.2, -0.15) is 0 Å². The monoisotopic (exact) mass is 1150 g/mol. The molecule has 2 heterocycles. The molecule has 6 N–H and O–H groups in total. The summed E-state index contributed by atoms with van der Waals surface area (Å²) in [6.45, 7) is 0.330. The number of amides is 6. The van der Waals surface area contributed by atoms with Crippen molar-refractivity contribution in [3.63, 3.8) is 0 Å². The lowest BCUT2D eigenvalue weighted by Gasteiger charge is -2.36. The summed E-state index contributed by atoms with van der Waals surface area (Å²) in [5.41, 5.74) is 19.1. The molecule has 0 aromatic heterocycles.